The number of ether oxygens (including phenoxy) is 2. The molecule has 2 spiro atoms. The highest BCUT2D eigenvalue weighted by atomic mass is 16.7. The second-order valence-electron chi connectivity index (χ2n) is 7.99. The zero-order chi connectivity index (χ0) is 13.5. The van der Waals surface area contributed by atoms with E-state index < -0.39 is 0 Å². The number of rotatable bonds is 0. The van der Waals surface area contributed by atoms with Crippen molar-refractivity contribution in [1.29, 1.82) is 0 Å². The first kappa shape index (κ1) is 12.3. The summed E-state index contributed by atoms with van der Waals surface area (Å²) in [5.41, 5.74) is 0.225. The Morgan fingerprint density at radius 3 is 2.84 bits per heavy atom. The van der Waals surface area contributed by atoms with E-state index in [4.69, 9.17) is 9.47 Å². The predicted molar refractivity (Wildman–Crippen MR) is 70.5 cm³/mol. The van der Waals surface area contributed by atoms with Gasteiger partial charge >= 0.3 is 0 Å². The van der Waals surface area contributed by atoms with Gasteiger partial charge in [0.1, 0.15) is 12.6 Å². The lowest BCUT2D eigenvalue weighted by molar-refractivity contribution is -0.271. The summed E-state index contributed by atoms with van der Waals surface area (Å²) in [7, 11) is 0. The molecule has 0 radical (unpaired) electrons. The summed E-state index contributed by atoms with van der Waals surface area (Å²) >= 11 is 0. The van der Waals surface area contributed by atoms with Gasteiger partial charge in [-0.25, -0.2) is 0 Å². The molecule has 0 unspecified atom stereocenters. The van der Waals surface area contributed by atoms with Gasteiger partial charge in [0.05, 0.1) is 12.2 Å². The summed E-state index contributed by atoms with van der Waals surface area (Å²) in [5, 5.41) is 0. The molecule has 4 aliphatic rings. The number of hydrogen-bond acceptors (Lipinski definition) is 3. The highest BCUT2D eigenvalue weighted by Gasteiger charge is 2.72. The molecule has 0 aromatic carbocycles. The molecule has 0 aromatic rings. The summed E-state index contributed by atoms with van der Waals surface area (Å²) in [6.07, 6.45) is 4.16. The zero-order valence-electron chi connectivity index (χ0n) is 12.2. The van der Waals surface area contributed by atoms with Gasteiger partial charge in [0, 0.05) is 18.3 Å². The van der Waals surface area contributed by atoms with Crippen molar-refractivity contribution < 1.29 is 14.3 Å². The lowest BCUT2D eigenvalue weighted by Crippen LogP contribution is -2.60. The maximum absolute atomic E-state index is 12.6. The third-order valence-electron chi connectivity index (χ3n) is 7.02. The third kappa shape index (κ3) is 1.25. The topological polar surface area (TPSA) is 35.5 Å². The number of Topliss-reactive ketones (excluding diaryl/α,β-unsaturated/α-hetero) is 1. The van der Waals surface area contributed by atoms with Crippen molar-refractivity contribution in [1.82, 2.24) is 0 Å². The van der Waals surface area contributed by atoms with Crippen LogP contribution >= 0.6 is 0 Å². The molecular formula is C16H24O3. The van der Waals surface area contributed by atoms with Crippen LogP contribution in [0.5, 0.6) is 0 Å². The van der Waals surface area contributed by atoms with Crippen molar-refractivity contribution >= 4 is 5.78 Å². The summed E-state index contributed by atoms with van der Waals surface area (Å²) in [6.45, 7) is 8.05. The quantitative estimate of drug-likeness (QED) is 0.675. The molecule has 0 amide bonds. The van der Waals surface area contributed by atoms with E-state index in [9.17, 15) is 4.79 Å². The van der Waals surface area contributed by atoms with Gasteiger partial charge in [-0.2, -0.15) is 0 Å². The Hall–Kier alpha value is -0.410. The summed E-state index contributed by atoms with van der Waals surface area (Å²) in [5.74, 6) is 1.62. The average Bonchev–Trinajstić information content (AvgIpc) is 2.78. The van der Waals surface area contributed by atoms with Gasteiger partial charge in [-0.15, -0.1) is 0 Å². The van der Waals surface area contributed by atoms with Crippen LogP contribution in [0.4, 0.5) is 0 Å². The molecule has 0 N–H and O–H groups in total. The Morgan fingerprint density at radius 2 is 2.05 bits per heavy atom. The van der Waals surface area contributed by atoms with Crippen LogP contribution in [0, 0.1) is 28.6 Å². The number of ketones is 1. The van der Waals surface area contributed by atoms with Crippen LogP contribution in [-0.2, 0) is 14.3 Å². The molecule has 1 heterocycles. The molecular weight excluding hydrogens is 240 g/mol. The molecule has 3 aliphatic carbocycles. The van der Waals surface area contributed by atoms with Crippen molar-refractivity contribution in [2.45, 2.75) is 52.1 Å². The number of hydrogen-bond donors (Lipinski definition) is 0. The van der Waals surface area contributed by atoms with E-state index in [1.54, 1.807) is 0 Å². The number of carbonyl (C=O) groups excluding carboxylic acids is 1. The first-order valence-electron chi connectivity index (χ1n) is 7.67. The van der Waals surface area contributed by atoms with Crippen LogP contribution in [-0.4, -0.2) is 24.8 Å². The Morgan fingerprint density at radius 1 is 1.26 bits per heavy atom. The second-order valence-corrected chi connectivity index (χ2v) is 7.99. The van der Waals surface area contributed by atoms with Crippen LogP contribution in [0.15, 0.2) is 0 Å². The molecule has 4 rings (SSSR count). The molecule has 0 aromatic heterocycles. The molecule has 4 fully saturated rings. The van der Waals surface area contributed by atoms with Crippen LogP contribution in [0.3, 0.4) is 0 Å². The first-order valence-corrected chi connectivity index (χ1v) is 7.67. The largest absolute Gasteiger partial charge is 0.355 e. The first-order chi connectivity index (χ1) is 8.92. The summed E-state index contributed by atoms with van der Waals surface area (Å²) in [6, 6.07) is 0. The lowest BCUT2D eigenvalue weighted by Gasteiger charge is -2.58. The van der Waals surface area contributed by atoms with Gasteiger partial charge in [0.15, 0.2) is 0 Å². The Balaban J connectivity index is 1.87. The molecule has 3 heteroatoms. The van der Waals surface area contributed by atoms with Crippen molar-refractivity contribution in [3.8, 4) is 0 Å². The van der Waals surface area contributed by atoms with Crippen LogP contribution in [0.1, 0.15) is 46.5 Å². The molecule has 106 valence electrons. The fraction of sp³-hybridized carbons (Fsp3) is 0.938. The third-order valence-corrected chi connectivity index (χ3v) is 7.02. The summed E-state index contributed by atoms with van der Waals surface area (Å²) < 4.78 is 11.7. The minimum absolute atomic E-state index is 0.00285. The maximum atomic E-state index is 12.6. The van der Waals surface area contributed by atoms with E-state index in [1.807, 2.05) is 0 Å². The van der Waals surface area contributed by atoms with Crippen LogP contribution < -0.4 is 0 Å². The van der Waals surface area contributed by atoms with Gasteiger partial charge in [0.25, 0.3) is 0 Å². The monoisotopic (exact) mass is 264 g/mol. The minimum atomic E-state index is -0.00285. The summed E-state index contributed by atoms with van der Waals surface area (Å²) in [4.78, 5) is 12.6. The van der Waals surface area contributed by atoms with Gasteiger partial charge in [0.2, 0.25) is 0 Å². The smallest absolute Gasteiger partial charge is 0.147 e. The predicted octanol–water partition coefficient (Wildman–Crippen LogP) is 2.78. The van der Waals surface area contributed by atoms with E-state index in [0.29, 0.717) is 24.4 Å². The Kier molecular flexibility index (Phi) is 2.23. The van der Waals surface area contributed by atoms with E-state index in [0.717, 1.165) is 25.9 Å². The fourth-order valence-corrected chi connectivity index (χ4v) is 6.32. The molecule has 5 atom stereocenters. The molecule has 3 saturated carbocycles. The SMILES string of the molecule is C[C@@H]1CC(=O)[C@@H]2C(C)(C)[C@@H]3COCO[C@]34CC[C@]12C4. The van der Waals surface area contributed by atoms with Crippen molar-refractivity contribution in [3.63, 3.8) is 0 Å². The normalized spacial score (nSPS) is 54.9. The molecule has 2 bridgehead atoms. The van der Waals surface area contributed by atoms with E-state index >= 15 is 0 Å². The highest BCUT2D eigenvalue weighted by molar-refractivity contribution is 5.86. The van der Waals surface area contributed by atoms with E-state index in [-0.39, 0.29) is 22.3 Å². The number of carbonyl (C=O) groups is 1. The molecule has 19 heavy (non-hydrogen) atoms. The van der Waals surface area contributed by atoms with E-state index in [2.05, 4.69) is 20.8 Å². The van der Waals surface area contributed by atoms with Crippen LogP contribution in [0.2, 0.25) is 0 Å². The second kappa shape index (κ2) is 3.43. The van der Waals surface area contributed by atoms with Crippen molar-refractivity contribution in [3.05, 3.63) is 0 Å². The van der Waals surface area contributed by atoms with Gasteiger partial charge in [-0.3, -0.25) is 4.79 Å². The van der Waals surface area contributed by atoms with Crippen LogP contribution in [0.25, 0.3) is 0 Å². The Bertz CT molecular complexity index is 443. The highest BCUT2D eigenvalue weighted by Crippen LogP contribution is 2.72. The standard InChI is InChI=1S/C16H24O3/c1-10-6-11(17)13-14(2,3)12-7-18-9-19-16(12)5-4-15(10,13)8-16/h10,12-13H,4-9H2,1-3H3/t10-,12+,13-,15+,16+/m1/s1. The van der Waals surface area contributed by atoms with Crippen molar-refractivity contribution in [2.24, 2.45) is 28.6 Å². The minimum Gasteiger partial charge on any atom is -0.355 e. The fourth-order valence-electron chi connectivity index (χ4n) is 6.32. The average molecular weight is 264 g/mol. The molecule has 1 saturated heterocycles. The van der Waals surface area contributed by atoms with Crippen molar-refractivity contribution in [2.75, 3.05) is 13.4 Å². The molecule has 3 nitrogen and oxygen atoms in total. The zero-order valence-corrected chi connectivity index (χ0v) is 12.2. The molecule has 1 aliphatic heterocycles. The van der Waals surface area contributed by atoms with Gasteiger partial charge < -0.3 is 9.47 Å². The van der Waals surface area contributed by atoms with Gasteiger partial charge in [-0.05, 0) is 36.0 Å². The maximum Gasteiger partial charge on any atom is 0.147 e. The lowest BCUT2D eigenvalue weighted by atomic mass is 9.50. The van der Waals surface area contributed by atoms with E-state index in [1.165, 1.54) is 6.42 Å². The Labute approximate surface area is 115 Å². The van der Waals surface area contributed by atoms with Gasteiger partial charge in [-0.1, -0.05) is 20.8 Å².